The van der Waals surface area contributed by atoms with E-state index in [1.165, 1.54) is 7.11 Å². The SMILES string of the molecule is COC(=O)c1[nH]c2ccccc2c1Cc1cc(OC)c(OC)c(OC)c1. The number of hydrogen-bond acceptors (Lipinski definition) is 5. The maximum Gasteiger partial charge on any atom is 0.354 e. The van der Waals surface area contributed by atoms with Crippen LogP contribution in [0.1, 0.15) is 21.6 Å². The van der Waals surface area contributed by atoms with E-state index in [0.717, 1.165) is 22.0 Å². The van der Waals surface area contributed by atoms with Gasteiger partial charge in [-0.2, -0.15) is 0 Å². The van der Waals surface area contributed by atoms with Gasteiger partial charge in [0.05, 0.1) is 28.4 Å². The second kappa shape index (κ2) is 7.39. The number of carbonyl (C=O) groups excluding carboxylic acids is 1. The number of aromatic nitrogens is 1. The fourth-order valence-corrected chi connectivity index (χ4v) is 3.10. The van der Waals surface area contributed by atoms with Crippen LogP contribution >= 0.6 is 0 Å². The Bertz CT molecular complexity index is 920. The number of benzene rings is 2. The van der Waals surface area contributed by atoms with Crippen LogP contribution in [0.5, 0.6) is 17.2 Å². The summed E-state index contributed by atoms with van der Waals surface area (Å²) >= 11 is 0. The Morgan fingerprint density at radius 1 is 0.962 bits per heavy atom. The largest absolute Gasteiger partial charge is 0.493 e. The Kier molecular flexibility index (Phi) is 5.02. The van der Waals surface area contributed by atoms with Crippen LogP contribution in [0.3, 0.4) is 0 Å². The van der Waals surface area contributed by atoms with Gasteiger partial charge in [0.25, 0.3) is 0 Å². The molecule has 0 amide bonds. The van der Waals surface area contributed by atoms with Crippen molar-refractivity contribution >= 4 is 16.9 Å². The lowest BCUT2D eigenvalue weighted by molar-refractivity contribution is 0.0594. The second-order valence-corrected chi connectivity index (χ2v) is 5.73. The first-order valence-corrected chi connectivity index (χ1v) is 8.09. The predicted octanol–water partition coefficient (Wildman–Crippen LogP) is 3.57. The summed E-state index contributed by atoms with van der Waals surface area (Å²) in [5.74, 6) is 1.28. The van der Waals surface area contributed by atoms with E-state index in [1.807, 2.05) is 36.4 Å². The minimum absolute atomic E-state index is 0.399. The lowest BCUT2D eigenvalue weighted by Gasteiger charge is -2.14. The molecule has 0 atom stereocenters. The van der Waals surface area contributed by atoms with Crippen molar-refractivity contribution in [2.45, 2.75) is 6.42 Å². The molecule has 26 heavy (non-hydrogen) atoms. The van der Waals surface area contributed by atoms with E-state index in [1.54, 1.807) is 21.3 Å². The molecular weight excluding hydrogens is 334 g/mol. The molecule has 0 aliphatic carbocycles. The summed E-state index contributed by atoms with van der Waals surface area (Å²) in [7, 11) is 6.09. The maximum absolute atomic E-state index is 12.2. The molecule has 0 radical (unpaired) electrons. The van der Waals surface area contributed by atoms with E-state index in [9.17, 15) is 4.79 Å². The Morgan fingerprint density at radius 2 is 1.62 bits per heavy atom. The molecule has 6 heteroatoms. The molecule has 0 aliphatic rings. The van der Waals surface area contributed by atoms with Crippen molar-refractivity contribution in [2.24, 2.45) is 0 Å². The molecule has 0 spiro atoms. The number of fused-ring (bicyclic) bond motifs is 1. The van der Waals surface area contributed by atoms with Crippen molar-refractivity contribution in [3.8, 4) is 17.2 Å². The van der Waals surface area contributed by atoms with Gasteiger partial charge in [0, 0.05) is 17.3 Å². The highest BCUT2D eigenvalue weighted by Crippen LogP contribution is 2.39. The van der Waals surface area contributed by atoms with Gasteiger partial charge in [0.15, 0.2) is 11.5 Å². The quantitative estimate of drug-likeness (QED) is 0.685. The highest BCUT2D eigenvalue weighted by Gasteiger charge is 2.20. The average Bonchev–Trinajstić information content (AvgIpc) is 3.05. The van der Waals surface area contributed by atoms with Gasteiger partial charge in [-0.25, -0.2) is 4.79 Å². The van der Waals surface area contributed by atoms with Crippen molar-refractivity contribution in [1.29, 1.82) is 0 Å². The number of esters is 1. The molecule has 0 fully saturated rings. The normalized spacial score (nSPS) is 10.6. The number of rotatable bonds is 6. The summed E-state index contributed by atoms with van der Waals surface area (Å²) in [6.07, 6.45) is 0.505. The smallest absolute Gasteiger partial charge is 0.354 e. The highest BCUT2D eigenvalue weighted by molar-refractivity contribution is 5.98. The molecule has 0 bridgehead atoms. The highest BCUT2D eigenvalue weighted by atomic mass is 16.5. The number of aromatic amines is 1. The summed E-state index contributed by atoms with van der Waals surface area (Å²) in [4.78, 5) is 15.4. The van der Waals surface area contributed by atoms with E-state index in [4.69, 9.17) is 18.9 Å². The lowest BCUT2D eigenvalue weighted by Crippen LogP contribution is -2.06. The fourth-order valence-electron chi connectivity index (χ4n) is 3.10. The Labute approximate surface area is 151 Å². The molecule has 136 valence electrons. The summed E-state index contributed by atoms with van der Waals surface area (Å²) in [5.41, 5.74) is 3.12. The topological polar surface area (TPSA) is 69.8 Å². The number of para-hydroxylation sites is 1. The summed E-state index contributed by atoms with van der Waals surface area (Å²) in [5, 5.41) is 0.974. The molecule has 0 unspecified atom stereocenters. The predicted molar refractivity (Wildman–Crippen MR) is 98.5 cm³/mol. The Balaban J connectivity index is 2.13. The van der Waals surface area contributed by atoms with Crippen LogP contribution in [-0.2, 0) is 11.2 Å². The number of methoxy groups -OCH3 is 4. The molecule has 1 heterocycles. The fraction of sp³-hybridized carbons (Fsp3) is 0.250. The molecule has 0 saturated heterocycles. The van der Waals surface area contributed by atoms with Gasteiger partial charge in [-0.15, -0.1) is 0 Å². The van der Waals surface area contributed by atoms with E-state index >= 15 is 0 Å². The van der Waals surface area contributed by atoms with Gasteiger partial charge in [-0.05, 0) is 29.3 Å². The number of hydrogen-bond donors (Lipinski definition) is 1. The standard InChI is InChI=1S/C20H21NO5/c1-23-16-10-12(11-17(24-2)19(16)25-3)9-14-13-7-5-6-8-15(13)21-18(14)20(22)26-4/h5-8,10-11,21H,9H2,1-4H3. The summed E-state index contributed by atoms with van der Waals surface area (Å²) in [6, 6.07) is 11.5. The number of nitrogens with one attached hydrogen (secondary N) is 1. The van der Waals surface area contributed by atoms with Gasteiger partial charge in [-0.3, -0.25) is 0 Å². The number of ether oxygens (including phenoxy) is 4. The third-order valence-corrected chi connectivity index (χ3v) is 4.31. The van der Waals surface area contributed by atoms with Crippen LogP contribution in [-0.4, -0.2) is 39.4 Å². The Morgan fingerprint density at radius 3 is 2.19 bits per heavy atom. The number of carbonyl (C=O) groups is 1. The summed E-state index contributed by atoms with van der Waals surface area (Å²) < 4.78 is 21.1. The van der Waals surface area contributed by atoms with Crippen molar-refractivity contribution in [2.75, 3.05) is 28.4 Å². The van der Waals surface area contributed by atoms with E-state index in [2.05, 4.69) is 4.98 Å². The molecule has 1 N–H and O–H groups in total. The zero-order valence-electron chi connectivity index (χ0n) is 15.2. The van der Waals surface area contributed by atoms with E-state index in [-0.39, 0.29) is 0 Å². The van der Waals surface area contributed by atoms with Crippen molar-refractivity contribution in [3.63, 3.8) is 0 Å². The molecule has 3 rings (SSSR count). The van der Waals surface area contributed by atoms with Gasteiger partial charge < -0.3 is 23.9 Å². The van der Waals surface area contributed by atoms with Gasteiger partial charge in [0.2, 0.25) is 5.75 Å². The third-order valence-electron chi connectivity index (χ3n) is 4.31. The maximum atomic E-state index is 12.2. The van der Waals surface area contributed by atoms with Crippen molar-refractivity contribution in [3.05, 3.63) is 53.2 Å². The zero-order chi connectivity index (χ0) is 18.7. The van der Waals surface area contributed by atoms with Gasteiger partial charge >= 0.3 is 5.97 Å². The first-order chi connectivity index (χ1) is 12.6. The third kappa shape index (κ3) is 3.06. The summed E-state index contributed by atoms with van der Waals surface area (Å²) in [6.45, 7) is 0. The molecule has 2 aromatic carbocycles. The van der Waals surface area contributed by atoms with Crippen LogP contribution < -0.4 is 14.2 Å². The van der Waals surface area contributed by atoms with E-state index in [0.29, 0.717) is 29.4 Å². The monoisotopic (exact) mass is 355 g/mol. The van der Waals surface area contributed by atoms with Crippen LogP contribution in [0.2, 0.25) is 0 Å². The first-order valence-electron chi connectivity index (χ1n) is 8.09. The van der Waals surface area contributed by atoms with Gasteiger partial charge in [-0.1, -0.05) is 18.2 Å². The molecule has 3 aromatic rings. The second-order valence-electron chi connectivity index (χ2n) is 5.73. The molecule has 1 aromatic heterocycles. The van der Waals surface area contributed by atoms with Crippen LogP contribution in [0.4, 0.5) is 0 Å². The van der Waals surface area contributed by atoms with Crippen LogP contribution in [0, 0.1) is 0 Å². The van der Waals surface area contributed by atoms with Crippen LogP contribution in [0.15, 0.2) is 36.4 Å². The molecule has 6 nitrogen and oxygen atoms in total. The number of H-pyrrole nitrogens is 1. The van der Waals surface area contributed by atoms with Crippen molar-refractivity contribution < 1.29 is 23.7 Å². The van der Waals surface area contributed by atoms with Gasteiger partial charge in [0.1, 0.15) is 5.69 Å². The molecule has 0 saturated carbocycles. The first kappa shape index (κ1) is 17.7. The van der Waals surface area contributed by atoms with E-state index < -0.39 is 5.97 Å². The molecular formula is C20H21NO5. The van der Waals surface area contributed by atoms with Crippen LogP contribution in [0.25, 0.3) is 10.9 Å². The minimum atomic E-state index is -0.399. The van der Waals surface area contributed by atoms with Crippen molar-refractivity contribution in [1.82, 2.24) is 4.98 Å². The minimum Gasteiger partial charge on any atom is -0.493 e. The molecule has 0 aliphatic heterocycles. The Hall–Kier alpha value is -3.15. The average molecular weight is 355 g/mol. The zero-order valence-corrected chi connectivity index (χ0v) is 15.2. The lowest BCUT2D eigenvalue weighted by atomic mass is 10.0.